The van der Waals surface area contributed by atoms with Crippen LogP contribution in [-0.4, -0.2) is 36.1 Å². The van der Waals surface area contributed by atoms with E-state index in [2.05, 4.69) is 10.3 Å². The SMILES string of the molecule is Cc1cc(-n2ccnc2)c2cccc(OCc3c(Cl)ccc(-n4cccc4CNC(=O)/C=C/c4ccc(C(=O)O)cc4)c3Cl)c2n1. The number of aromatic nitrogens is 4. The molecule has 0 atom stereocenters. The van der Waals surface area contributed by atoms with E-state index in [9.17, 15) is 9.59 Å². The van der Waals surface area contributed by atoms with Gasteiger partial charge in [0.1, 0.15) is 17.9 Å². The number of hydrogen-bond donors (Lipinski definition) is 2. The number of imidazole rings is 1. The van der Waals surface area contributed by atoms with Crippen LogP contribution in [0.4, 0.5) is 0 Å². The van der Waals surface area contributed by atoms with Gasteiger partial charge in [-0.2, -0.15) is 0 Å². The first-order chi connectivity index (χ1) is 22.3. The van der Waals surface area contributed by atoms with Gasteiger partial charge < -0.3 is 24.3 Å². The topological polar surface area (TPSA) is 111 Å². The Morgan fingerprint density at radius 2 is 1.83 bits per heavy atom. The molecular formula is C35H27Cl2N5O4. The average molecular weight is 653 g/mol. The third-order valence-electron chi connectivity index (χ3n) is 7.35. The van der Waals surface area contributed by atoms with E-state index >= 15 is 0 Å². The number of carbonyl (C=O) groups excluding carboxylic acids is 1. The first-order valence-electron chi connectivity index (χ1n) is 14.2. The molecule has 0 radical (unpaired) electrons. The van der Waals surface area contributed by atoms with Crippen LogP contribution in [0.1, 0.15) is 32.9 Å². The monoisotopic (exact) mass is 651 g/mol. The lowest BCUT2D eigenvalue weighted by Crippen LogP contribution is -2.21. The number of carbonyl (C=O) groups is 2. The number of rotatable bonds is 10. The van der Waals surface area contributed by atoms with E-state index in [1.807, 2.05) is 70.9 Å². The Morgan fingerprint density at radius 1 is 1.00 bits per heavy atom. The molecule has 6 rings (SSSR count). The predicted octanol–water partition coefficient (Wildman–Crippen LogP) is 7.43. The molecule has 0 saturated heterocycles. The van der Waals surface area contributed by atoms with Crippen LogP contribution < -0.4 is 10.1 Å². The molecular weight excluding hydrogens is 625 g/mol. The number of nitrogens with one attached hydrogen (secondary N) is 1. The van der Waals surface area contributed by atoms with Gasteiger partial charge in [-0.25, -0.2) is 14.8 Å². The summed E-state index contributed by atoms with van der Waals surface area (Å²) in [5, 5.41) is 13.7. The summed E-state index contributed by atoms with van der Waals surface area (Å²) in [5.41, 5.74) is 5.47. The van der Waals surface area contributed by atoms with Crippen molar-refractivity contribution in [2.75, 3.05) is 0 Å². The molecule has 46 heavy (non-hydrogen) atoms. The number of nitrogens with zero attached hydrogens (tertiary/aromatic N) is 4. The molecule has 11 heteroatoms. The lowest BCUT2D eigenvalue weighted by Gasteiger charge is -2.17. The average Bonchev–Trinajstić information content (AvgIpc) is 3.76. The number of halogens is 2. The molecule has 0 unspecified atom stereocenters. The number of pyridine rings is 1. The number of hydrogen-bond acceptors (Lipinski definition) is 5. The number of carboxylic acids is 1. The highest BCUT2D eigenvalue weighted by atomic mass is 35.5. The van der Waals surface area contributed by atoms with Gasteiger partial charge in [-0.3, -0.25) is 4.79 Å². The third kappa shape index (κ3) is 6.51. The number of fused-ring (bicyclic) bond motifs is 1. The Labute approximate surface area is 274 Å². The second-order valence-corrected chi connectivity index (χ2v) is 11.2. The molecule has 2 N–H and O–H groups in total. The van der Waals surface area contributed by atoms with Crippen molar-refractivity contribution in [2.45, 2.75) is 20.1 Å². The van der Waals surface area contributed by atoms with Gasteiger partial charge in [0.25, 0.3) is 0 Å². The Kier molecular flexibility index (Phi) is 8.87. The van der Waals surface area contributed by atoms with Crippen LogP contribution in [-0.2, 0) is 17.9 Å². The standard InChI is InChI=1S/C35H27Cl2N5O4/c1-22-18-30(41-17-15-38-21-41)26-5-2-6-31(34(26)40-22)46-20-27-28(36)12-13-29(33(27)37)42-16-3-4-25(42)19-39-32(43)14-9-23-7-10-24(11-8-23)35(44)45/h2-18,21H,19-20H2,1H3,(H,39,43)(H,44,45)/b14-9+. The highest BCUT2D eigenvalue weighted by Gasteiger charge is 2.17. The van der Waals surface area contributed by atoms with Crippen molar-refractivity contribution in [1.29, 1.82) is 0 Å². The zero-order chi connectivity index (χ0) is 32.2. The molecule has 0 spiro atoms. The van der Waals surface area contributed by atoms with E-state index in [1.54, 1.807) is 36.8 Å². The van der Waals surface area contributed by atoms with Crippen LogP contribution in [0.5, 0.6) is 5.75 Å². The lowest BCUT2D eigenvalue weighted by molar-refractivity contribution is -0.116. The van der Waals surface area contributed by atoms with E-state index < -0.39 is 5.97 Å². The summed E-state index contributed by atoms with van der Waals surface area (Å²) in [6.45, 7) is 2.27. The summed E-state index contributed by atoms with van der Waals surface area (Å²) in [7, 11) is 0. The maximum Gasteiger partial charge on any atom is 0.335 e. The summed E-state index contributed by atoms with van der Waals surface area (Å²) in [5.74, 6) is -0.716. The second-order valence-electron chi connectivity index (χ2n) is 10.4. The smallest absolute Gasteiger partial charge is 0.335 e. The molecule has 1 amide bonds. The van der Waals surface area contributed by atoms with Crippen molar-refractivity contribution in [3.05, 3.63) is 142 Å². The van der Waals surface area contributed by atoms with E-state index in [0.717, 1.165) is 22.5 Å². The van der Waals surface area contributed by atoms with Crippen LogP contribution in [0.25, 0.3) is 28.4 Å². The number of carboxylic acid groups (broad SMARTS) is 1. The Balaban J connectivity index is 1.19. The molecule has 3 heterocycles. The normalized spacial score (nSPS) is 11.3. The molecule has 230 valence electrons. The number of benzene rings is 3. The number of aryl methyl sites for hydroxylation is 1. The Hall–Kier alpha value is -5.38. The molecule has 0 bridgehead atoms. The molecule has 0 aliphatic heterocycles. The van der Waals surface area contributed by atoms with Crippen LogP contribution in [0.3, 0.4) is 0 Å². The summed E-state index contributed by atoms with van der Waals surface area (Å²) < 4.78 is 10.1. The van der Waals surface area contributed by atoms with Crippen molar-refractivity contribution in [3.8, 4) is 17.1 Å². The molecule has 6 aromatic rings. The fourth-order valence-corrected chi connectivity index (χ4v) is 5.63. The fraction of sp³-hybridized carbons (Fsp3) is 0.0857. The zero-order valence-electron chi connectivity index (χ0n) is 24.5. The van der Waals surface area contributed by atoms with Crippen LogP contribution in [0.15, 0.2) is 104 Å². The molecule has 0 fully saturated rings. The van der Waals surface area contributed by atoms with Crippen LogP contribution >= 0.6 is 23.2 Å². The second kappa shape index (κ2) is 13.3. The van der Waals surface area contributed by atoms with Gasteiger partial charge in [0.2, 0.25) is 5.91 Å². The van der Waals surface area contributed by atoms with Gasteiger partial charge in [-0.05, 0) is 67.1 Å². The van der Waals surface area contributed by atoms with Gasteiger partial charge in [-0.15, -0.1) is 0 Å². The van der Waals surface area contributed by atoms with Crippen molar-refractivity contribution in [1.82, 2.24) is 24.4 Å². The maximum absolute atomic E-state index is 12.6. The lowest BCUT2D eigenvalue weighted by atomic mass is 10.1. The quantitative estimate of drug-likeness (QED) is 0.149. The molecule has 0 aliphatic rings. The minimum Gasteiger partial charge on any atom is -0.487 e. The van der Waals surface area contributed by atoms with Crippen molar-refractivity contribution >= 4 is 52.1 Å². The van der Waals surface area contributed by atoms with E-state index in [-0.39, 0.29) is 24.6 Å². The number of para-hydroxylation sites is 1. The number of ether oxygens (including phenoxy) is 1. The van der Waals surface area contributed by atoms with Gasteiger partial charge in [0.05, 0.1) is 34.8 Å². The molecule has 0 saturated carbocycles. The minimum atomic E-state index is -1.01. The third-order valence-corrected chi connectivity index (χ3v) is 8.13. The molecule has 9 nitrogen and oxygen atoms in total. The fourth-order valence-electron chi connectivity index (χ4n) is 5.05. The largest absolute Gasteiger partial charge is 0.487 e. The van der Waals surface area contributed by atoms with Crippen molar-refractivity contribution in [3.63, 3.8) is 0 Å². The summed E-state index contributed by atoms with van der Waals surface area (Å²) in [6, 6.07) is 21.4. The van der Waals surface area contributed by atoms with Crippen molar-refractivity contribution in [2.24, 2.45) is 0 Å². The zero-order valence-corrected chi connectivity index (χ0v) is 26.0. The van der Waals surface area contributed by atoms with E-state index in [1.165, 1.54) is 18.2 Å². The number of amides is 1. The predicted molar refractivity (Wildman–Crippen MR) is 178 cm³/mol. The highest BCUT2D eigenvalue weighted by molar-refractivity contribution is 6.37. The summed E-state index contributed by atoms with van der Waals surface area (Å²) in [6.07, 6.45) is 10.2. The Morgan fingerprint density at radius 3 is 2.59 bits per heavy atom. The molecule has 3 aromatic heterocycles. The van der Waals surface area contributed by atoms with Gasteiger partial charge >= 0.3 is 5.97 Å². The summed E-state index contributed by atoms with van der Waals surface area (Å²) in [4.78, 5) is 32.5. The van der Waals surface area contributed by atoms with Crippen LogP contribution in [0, 0.1) is 6.92 Å². The number of aromatic carboxylic acids is 1. The van der Waals surface area contributed by atoms with Gasteiger partial charge in [0.15, 0.2) is 0 Å². The summed E-state index contributed by atoms with van der Waals surface area (Å²) >= 11 is 13.6. The van der Waals surface area contributed by atoms with E-state index in [0.29, 0.717) is 38.1 Å². The Bertz CT molecular complexity index is 2090. The maximum atomic E-state index is 12.6. The minimum absolute atomic E-state index is 0.103. The highest BCUT2D eigenvalue weighted by Crippen LogP contribution is 2.34. The molecule has 0 aliphatic carbocycles. The first-order valence-corrected chi connectivity index (χ1v) is 15.0. The first kappa shape index (κ1) is 30.6. The molecule has 3 aromatic carbocycles. The van der Waals surface area contributed by atoms with Crippen LogP contribution in [0.2, 0.25) is 10.0 Å². The van der Waals surface area contributed by atoms with E-state index in [4.69, 9.17) is 38.0 Å². The van der Waals surface area contributed by atoms with Crippen molar-refractivity contribution < 1.29 is 19.4 Å². The van der Waals surface area contributed by atoms with Gasteiger partial charge in [0, 0.05) is 52.0 Å². The van der Waals surface area contributed by atoms with Gasteiger partial charge in [-0.1, -0.05) is 47.5 Å².